The van der Waals surface area contributed by atoms with Gasteiger partial charge in [-0.2, -0.15) is 0 Å². The second-order valence-electron chi connectivity index (χ2n) is 6.04. The summed E-state index contributed by atoms with van der Waals surface area (Å²) in [4.78, 5) is 21.3. The molecular weight excluding hydrogens is 400 g/mol. The summed E-state index contributed by atoms with van der Waals surface area (Å²) in [6.45, 7) is 0.658. The summed E-state index contributed by atoms with van der Waals surface area (Å²) in [6, 6.07) is 5.21. The van der Waals surface area contributed by atoms with Gasteiger partial charge in [-0.25, -0.2) is 9.78 Å². The quantitative estimate of drug-likeness (QED) is 0.663. The number of nitrogens with zero attached hydrogens (tertiary/aromatic N) is 2. The average molecular weight is 419 g/mol. The molecule has 0 saturated carbocycles. The molecule has 2 aliphatic rings. The minimum Gasteiger partial charge on any atom is -0.493 e. The third-order valence-corrected chi connectivity index (χ3v) is 7.38. The number of carboxylic acid groups (broad SMARTS) is 1. The number of hydrogen-bond acceptors (Lipinski definition) is 7. The van der Waals surface area contributed by atoms with Crippen LogP contribution in [0.3, 0.4) is 0 Å². The number of fused-ring (bicyclic) bond motifs is 1. The van der Waals surface area contributed by atoms with Gasteiger partial charge in [0.15, 0.2) is 6.04 Å². The molecule has 140 valence electrons. The van der Waals surface area contributed by atoms with Gasteiger partial charge in [-0.3, -0.25) is 4.99 Å². The van der Waals surface area contributed by atoms with Crippen LogP contribution in [0.25, 0.3) is 10.2 Å². The van der Waals surface area contributed by atoms with E-state index in [2.05, 4.69) is 28.2 Å². The number of aliphatic carboxylic acids is 1. The fourth-order valence-corrected chi connectivity index (χ4v) is 5.69. The van der Waals surface area contributed by atoms with E-state index in [0.29, 0.717) is 12.4 Å². The fraction of sp³-hybridized carbons (Fsp3) is 0.316. The van der Waals surface area contributed by atoms with Gasteiger partial charge in [-0.1, -0.05) is 18.2 Å². The Balaban J connectivity index is 1.38. The van der Waals surface area contributed by atoms with Crippen molar-refractivity contribution in [3.63, 3.8) is 0 Å². The highest BCUT2D eigenvalue weighted by Gasteiger charge is 2.26. The second kappa shape index (κ2) is 8.50. The Bertz CT molecular complexity index is 949. The fourth-order valence-electron chi connectivity index (χ4n) is 2.74. The molecule has 0 amide bonds. The van der Waals surface area contributed by atoms with Crippen LogP contribution in [0.5, 0.6) is 5.75 Å². The van der Waals surface area contributed by atoms with E-state index in [1.54, 1.807) is 0 Å². The van der Waals surface area contributed by atoms with Crippen LogP contribution in [0.4, 0.5) is 0 Å². The number of carboxylic acids is 1. The molecule has 4 rings (SSSR count). The molecule has 1 N–H and O–H groups in total. The first kappa shape index (κ1) is 18.6. The highest BCUT2D eigenvalue weighted by molar-refractivity contribution is 8.15. The molecule has 1 aliphatic carbocycles. The number of aromatic nitrogens is 1. The Morgan fingerprint density at radius 3 is 3.11 bits per heavy atom. The summed E-state index contributed by atoms with van der Waals surface area (Å²) in [7, 11) is 0. The smallest absolute Gasteiger partial charge is 0.329 e. The van der Waals surface area contributed by atoms with Gasteiger partial charge < -0.3 is 9.84 Å². The molecule has 27 heavy (non-hydrogen) atoms. The zero-order valence-electron chi connectivity index (χ0n) is 14.5. The van der Waals surface area contributed by atoms with E-state index >= 15 is 0 Å². The summed E-state index contributed by atoms with van der Waals surface area (Å²) in [5, 5.41) is 10.6. The van der Waals surface area contributed by atoms with Gasteiger partial charge in [0.25, 0.3) is 0 Å². The predicted molar refractivity (Wildman–Crippen MR) is 114 cm³/mol. The van der Waals surface area contributed by atoms with Crippen LogP contribution < -0.4 is 4.74 Å². The zero-order valence-corrected chi connectivity index (χ0v) is 16.9. The van der Waals surface area contributed by atoms with Crippen molar-refractivity contribution in [2.45, 2.75) is 18.9 Å². The molecule has 1 aromatic carbocycles. The van der Waals surface area contributed by atoms with E-state index in [-0.39, 0.29) is 0 Å². The van der Waals surface area contributed by atoms with Crippen LogP contribution in [-0.4, -0.2) is 45.3 Å². The summed E-state index contributed by atoms with van der Waals surface area (Å²) in [5.41, 5.74) is 0.887. The molecule has 1 atom stereocenters. The Morgan fingerprint density at radius 1 is 1.41 bits per heavy atom. The molecule has 0 saturated heterocycles. The predicted octanol–water partition coefficient (Wildman–Crippen LogP) is 4.59. The van der Waals surface area contributed by atoms with Crippen molar-refractivity contribution < 1.29 is 14.6 Å². The third-order valence-electron chi connectivity index (χ3n) is 4.09. The van der Waals surface area contributed by atoms with Gasteiger partial charge in [0.1, 0.15) is 15.8 Å². The first-order chi connectivity index (χ1) is 13.2. The lowest BCUT2D eigenvalue weighted by Gasteiger charge is -2.09. The van der Waals surface area contributed by atoms with Crippen LogP contribution in [0.15, 0.2) is 46.3 Å². The van der Waals surface area contributed by atoms with E-state index in [0.717, 1.165) is 44.6 Å². The molecule has 0 unspecified atom stereocenters. The Hall–Kier alpha value is -1.77. The number of hydrogen-bond donors (Lipinski definition) is 1. The largest absolute Gasteiger partial charge is 0.493 e. The maximum atomic E-state index is 11.1. The molecule has 1 aliphatic heterocycles. The number of allylic oxidation sites excluding steroid dienone is 4. The monoisotopic (exact) mass is 418 g/mol. The third kappa shape index (κ3) is 4.56. The van der Waals surface area contributed by atoms with E-state index < -0.39 is 12.0 Å². The topological polar surface area (TPSA) is 71.8 Å². The minimum atomic E-state index is -0.882. The minimum absolute atomic E-state index is 0.471. The highest BCUT2D eigenvalue weighted by atomic mass is 32.2. The van der Waals surface area contributed by atoms with Gasteiger partial charge in [0, 0.05) is 11.5 Å². The first-order valence-electron chi connectivity index (χ1n) is 8.65. The summed E-state index contributed by atoms with van der Waals surface area (Å²) >= 11 is 4.83. The van der Waals surface area contributed by atoms with Crippen LogP contribution in [-0.2, 0) is 4.79 Å². The van der Waals surface area contributed by atoms with Crippen molar-refractivity contribution in [3.05, 3.63) is 46.3 Å². The van der Waals surface area contributed by atoms with Crippen molar-refractivity contribution in [3.8, 4) is 5.75 Å². The normalized spacial score (nSPS) is 19.2. The Morgan fingerprint density at radius 2 is 2.33 bits per heavy atom. The molecule has 0 bridgehead atoms. The number of thioether (sulfide) groups is 2. The average Bonchev–Trinajstić information content (AvgIpc) is 3.32. The van der Waals surface area contributed by atoms with Crippen molar-refractivity contribution in [2.75, 3.05) is 18.1 Å². The van der Waals surface area contributed by atoms with Crippen LogP contribution in [0, 0.1) is 0 Å². The van der Waals surface area contributed by atoms with Gasteiger partial charge in [-0.15, -0.1) is 34.9 Å². The van der Waals surface area contributed by atoms with Gasteiger partial charge in [-0.05, 0) is 35.9 Å². The SMILES string of the molecule is O=C(O)[C@H]1CSC(c2nc3ccc(OCCSC4=CC=CCC4)cc3s2)=N1. The van der Waals surface area contributed by atoms with E-state index in [9.17, 15) is 4.79 Å². The summed E-state index contributed by atoms with van der Waals surface area (Å²) < 4.78 is 6.91. The molecule has 5 nitrogen and oxygen atoms in total. The maximum absolute atomic E-state index is 11.1. The Kier molecular flexibility index (Phi) is 5.85. The molecule has 2 aromatic rings. The molecule has 8 heteroatoms. The van der Waals surface area contributed by atoms with Crippen LogP contribution >= 0.6 is 34.9 Å². The molecular formula is C19H18N2O3S3. The van der Waals surface area contributed by atoms with E-state index in [4.69, 9.17) is 9.84 Å². The lowest BCUT2D eigenvalue weighted by Crippen LogP contribution is -2.17. The van der Waals surface area contributed by atoms with Crippen molar-refractivity contribution in [2.24, 2.45) is 4.99 Å². The maximum Gasteiger partial charge on any atom is 0.329 e. The van der Waals surface area contributed by atoms with Gasteiger partial charge in [0.05, 0.1) is 16.8 Å². The summed E-state index contributed by atoms with van der Waals surface area (Å²) in [6.07, 6.45) is 8.74. The number of rotatable bonds is 7. The second-order valence-corrected chi connectivity index (χ2v) is 9.31. The lowest BCUT2D eigenvalue weighted by molar-refractivity contribution is -0.137. The van der Waals surface area contributed by atoms with E-state index in [1.807, 2.05) is 30.0 Å². The highest BCUT2D eigenvalue weighted by Crippen LogP contribution is 2.32. The van der Waals surface area contributed by atoms with Crippen LogP contribution in [0.1, 0.15) is 17.8 Å². The molecule has 0 radical (unpaired) electrons. The Labute approximate surface area is 169 Å². The number of carbonyl (C=O) groups is 1. The number of aliphatic imine (C=N–C) groups is 1. The molecule has 2 heterocycles. The van der Waals surface area contributed by atoms with E-state index in [1.165, 1.54) is 28.0 Å². The number of ether oxygens (including phenoxy) is 1. The van der Waals surface area contributed by atoms with Gasteiger partial charge in [0.2, 0.25) is 0 Å². The van der Waals surface area contributed by atoms with Crippen molar-refractivity contribution in [1.29, 1.82) is 0 Å². The van der Waals surface area contributed by atoms with Crippen LogP contribution in [0.2, 0.25) is 0 Å². The van der Waals surface area contributed by atoms with Gasteiger partial charge >= 0.3 is 5.97 Å². The lowest BCUT2D eigenvalue weighted by atomic mass is 10.2. The van der Waals surface area contributed by atoms with Crippen molar-refractivity contribution >= 4 is 56.1 Å². The first-order valence-corrected chi connectivity index (χ1v) is 11.4. The number of thiazole rings is 1. The number of benzene rings is 1. The standard InChI is InChI=1S/C19H18N2O3S3/c22-19(23)15-11-26-17(21-15)18-20-14-7-6-12(10-16(14)27-18)24-8-9-25-13-4-2-1-3-5-13/h1-2,4,6-7,10,15H,3,5,8-9,11H2,(H,22,23)/t15-/m1/s1. The molecule has 1 aromatic heterocycles. The zero-order chi connectivity index (χ0) is 18.6. The molecule has 0 spiro atoms. The summed E-state index contributed by atoms with van der Waals surface area (Å²) in [5.74, 6) is 1.35. The van der Waals surface area contributed by atoms with Crippen molar-refractivity contribution in [1.82, 2.24) is 4.98 Å². The molecule has 0 fully saturated rings.